The van der Waals surface area contributed by atoms with E-state index in [9.17, 15) is 5.26 Å². The van der Waals surface area contributed by atoms with Crippen molar-refractivity contribution >= 4 is 18.2 Å². The molecule has 0 saturated carbocycles. The van der Waals surface area contributed by atoms with Crippen LogP contribution >= 0.6 is 0 Å². The lowest BCUT2D eigenvalue weighted by molar-refractivity contribution is -0.122. The normalized spacial score (nSPS) is 14.8. The van der Waals surface area contributed by atoms with Crippen molar-refractivity contribution in [1.29, 1.82) is 5.26 Å². The van der Waals surface area contributed by atoms with Gasteiger partial charge in [-0.1, -0.05) is 0 Å². The Hall–Kier alpha value is -3.97. The minimum absolute atomic E-state index is 0.166. The summed E-state index contributed by atoms with van der Waals surface area (Å²) < 4.78 is 11.2. The van der Waals surface area contributed by atoms with Crippen LogP contribution in [0.4, 0.5) is 11.8 Å². The molecular weight excluding hydrogens is 412 g/mol. The molecule has 1 fully saturated rings. The van der Waals surface area contributed by atoms with E-state index >= 15 is 0 Å². The van der Waals surface area contributed by atoms with Gasteiger partial charge in [0.1, 0.15) is 29.0 Å². The number of nitriles is 1. The third-order valence-corrected chi connectivity index (χ3v) is 4.95. The van der Waals surface area contributed by atoms with Crippen molar-refractivity contribution in [3.05, 3.63) is 41.6 Å². The first-order chi connectivity index (χ1) is 15.5. The van der Waals surface area contributed by atoms with Crippen molar-refractivity contribution in [2.45, 2.75) is 32.8 Å². The van der Waals surface area contributed by atoms with E-state index in [0.717, 1.165) is 36.5 Å². The fraction of sp³-hybridized carbons (Fsp3) is 0.318. The Morgan fingerprint density at radius 2 is 2.03 bits per heavy atom. The van der Waals surface area contributed by atoms with Gasteiger partial charge in [0, 0.05) is 42.2 Å². The number of hydrogen-bond donors (Lipinski definition) is 3. The molecule has 0 bridgehead atoms. The molecule has 4 rings (SSSR count). The van der Waals surface area contributed by atoms with Crippen LogP contribution in [0.15, 0.2) is 28.9 Å². The van der Waals surface area contributed by atoms with Crippen LogP contribution in [-0.4, -0.2) is 45.8 Å². The number of aryl methyl sites for hydroxylation is 2. The second kappa shape index (κ2) is 10.4. The number of nitrogens with one attached hydrogen (secondary N) is 1. The maximum absolute atomic E-state index is 9.59. The minimum Gasteiger partial charge on any atom is -0.483 e. The van der Waals surface area contributed by atoms with Crippen molar-refractivity contribution in [2.75, 3.05) is 24.2 Å². The Morgan fingerprint density at radius 3 is 2.59 bits per heavy atom. The lowest BCUT2D eigenvalue weighted by atomic mass is 10.0. The second-order valence-electron chi connectivity index (χ2n) is 7.17. The molecular formula is C22H24N6O4. The van der Waals surface area contributed by atoms with Crippen LogP contribution in [0.3, 0.4) is 0 Å². The van der Waals surface area contributed by atoms with Gasteiger partial charge in [-0.25, -0.2) is 15.0 Å². The molecule has 1 unspecified atom stereocenters. The van der Waals surface area contributed by atoms with Crippen LogP contribution in [0.2, 0.25) is 0 Å². The number of carbonyl (C=O) groups is 1. The maximum atomic E-state index is 9.59. The molecule has 3 aromatic rings. The average Bonchev–Trinajstić information content (AvgIpc) is 3.41. The van der Waals surface area contributed by atoms with Gasteiger partial charge in [-0.15, -0.1) is 0 Å². The molecule has 10 nitrogen and oxygen atoms in total. The smallest absolute Gasteiger partial charge is 0.290 e. The Kier molecular flexibility index (Phi) is 7.36. The maximum Gasteiger partial charge on any atom is 0.290 e. The van der Waals surface area contributed by atoms with Gasteiger partial charge in [0.25, 0.3) is 6.47 Å². The number of aromatic nitrogens is 3. The molecule has 1 aliphatic rings. The number of rotatable bonds is 5. The highest BCUT2D eigenvalue weighted by atomic mass is 16.5. The summed E-state index contributed by atoms with van der Waals surface area (Å²) in [6.07, 6.45) is 5.69. The Labute approximate surface area is 185 Å². The monoisotopic (exact) mass is 436 g/mol. The third kappa shape index (κ3) is 5.19. The fourth-order valence-electron chi connectivity index (χ4n) is 3.50. The van der Waals surface area contributed by atoms with E-state index in [1.54, 1.807) is 12.4 Å². The number of nitrogens with zero attached hydrogens (tertiary/aromatic N) is 4. The Morgan fingerprint density at radius 1 is 1.31 bits per heavy atom. The van der Waals surface area contributed by atoms with Crippen LogP contribution in [0.25, 0.3) is 22.4 Å². The number of pyridine rings is 1. The van der Waals surface area contributed by atoms with Gasteiger partial charge in [0.05, 0.1) is 11.8 Å². The molecule has 0 spiro atoms. The van der Waals surface area contributed by atoms with Gasteiger partial charge in [0.15, 0.2) is 0 Å². The summed E-state index contributed by atoms with van der Waals surface area (Å²) in [4.78, 5) is 21.5. The largest absolute Gasteiger partial charge is 0.483 e. The Balaban J connectivity index is 0.000000913. The van der Waals surface area contributed by atoms with E-state index in [1.807, 2.05) is 26.0 Å². The Bertz CT molecular complexity index is 1110. The van der Waals surface area contributed by atoms with Crippen molar-refractivity contribution < 1.29 is 19.1 Å². The van der Waals surface area contributed by atoms with Crippen LogP contribution in [0.5, 0.6) is 0 Å². The predicted molar refractivity (Wildman–Crippen MR) is 118 cm³/mol. The molecule has 32 heavy (non-hydrogen) atoms. The summed E-state index contributed by atoms with van der Waals surface area (Å²) in [7, 11) is 0. The zero-order chi connectivity index (χ0) is 23.1. The first kappa shape index (κ1) is 22.7. The number of nitrogen functional groups attached to an aromatic ring is 1. The third-order valence-electron chi connectivity index (χ3n) is 4.95. The molecule has 166 valence electrons. The first-order valence-electron chi connectivity index (χ1n) is 10.0. The quantitative estimate of drug-likeness (QED) is 0.507. The molecule has 0 radical (unpaired) electrons. The average molecular weight is 436 g/mol. The molecule has 0 amide bonds. The van der Waals surface area contributed by atoms with Crippen LogP contribution in [0, 0.1) is 25.2 Å². The summed E-state index contributed by atoms with van der Waals surface area (Å²) in [5, 5.41) is 19.7. The van der Waals surface area contributed by atoms with E-state index in [1.165, 1.54) is 0 Å². The molecule has 1 atom stereocenters. The minimum atomic E-state index is -0.250. The molecule has 1 aliphatic heterocycles. The highest BCUT2D eigenvalue weighted by Gasteiger charge is 2.18. The van der Waals surface area contributed by atoms with Crippen LogP contribution < -0.4 is 11.1 Å². The van der Waals surface area contributed by atoms with Gasteiger partial charge in [-0.3, -0.25) is 4.79 Å². The number of nitrogens with two attached hydrogens (primary N) is 1. The highest BCUT2D eigenvalue weighted by Crippen LogP contribution is 2.33. The van der Waals surface area contributed by atoms with E-state index in [0.29, 0.717) is 34.9 Å². The molecule has 0 aliphatic carbocycles. The van der Waals surface area contributed by atoms with Crippen LogP contribution in [0.1, 0.15) is 29.9 Å². The summed E-state index contributed by atoms with van der Waals surface area (Å²) in [6.45, 7) is 4.98. The zero-order valence-electron chi connectivity index (χ0n) is 17.8. The highest BCUT2D eigenvalue weighted by molar-refractivity contribution is 5.80. The molecule has 4 N–H and O–H groups in total. The molecule has 1 saturated heterocycles. The van der Waals surface area contributed by atoms with Gasteiger partial charge in [0.2, 0.25) is 5.95 Å². The van der Waals surface area contributed by atoms with E-state index < -0.39 is 0 Å². The van der Waals surface area contributed by atoms with Crippen molar-refractivity contribution in [3.63, 3.8) is 0 Å². The predicted octanol–water partition coefficient (Wildman–Crippen LogP) is 3.16. The zero-order valence-corrected chi connectivity index (χ0v) is 17.8. The standard InChI is InChI=1S/C21H22N6O2.CH2O2/c1-12-6-16(13(2)29-12)19-7-17(18(8-22)20(23)27-19)14-9-24-21(25-10-14)26-11-15-4-3-5-28-15;2-1-3/h6-7,9-10,15H,3-5,11H2,1-2H3,(H2,23,27)(H,24,25,26);1H,(H,2,3). The number of furan rings is 1. The summed E-state index contributed by atoms with van der Waals surface area (Å²) in [6, 6.07) is 5.87. The number of ether oxygens (including phenoxy) is 1. The lowest BCUT2D eigenvalue weighted by Gasteiger charge is -2.12. The van der Waals surface area contributed by atoms with E-state index in [4.69, 9.17) is 24.8 Å². The topological polar surface area (TPSA) is 160 Å². The second-order valence-corrected chi connectivity index (χ2v) is 7.17. The van der Waals surface area contributed by atoms with Gasteiger partial charge < -0.3 is 25.3 Å². The number of hydrogen-bond acceptors (Lipinski definition) is 9. The SMILES string of the molecule is Cc1cc(-c2cc(-c3cnc(NCC4CCCO4)nc3)c(C#N)c(N)n2)c(C)o1.O=CO. The van der Waals surface area contributed by atoms with Gasteiger partial charge in [-0.2, -0.15) is 5.26 Å². The molecule has 0 aromatic carbocycles. The molecule has 4 heterocycles. The molecule has 3 aromatic heterocycles. The van der Waals surface area contributed by atoms with Gasteiger partial charge >= 0.3 is 0 Å². The summed E-state index contributed by atoms with van der Waals surface area (Å²) >= 11 is 0. The van der Waals surface area contributed by atoms with Crippen molar-refractivity contribution in [3.8, 4) is 28.5 Å². The number of carboxylic acid groups (broad SMARTS) is 1. The summed E-state index contributed by atoms with van der Waals surface area (Å²) in [5.74, 6) is 2.22. The van der Waals surface area contributed by atoms with E-state index in [2.05, 4.69) is 26.3 Å². The van der Waals surface area contributed by atoms with Crippen LogP contribution in [-0.2, 0) is 9.53 Å². The van der Waals surface area contributed by atoms with Gasteiger partial charge in [-0.05, 0) is 38.8 Å². The fourth-order valence-corrected chi connectivity index (χ4v) is 3.50. The van der Waals surface area contributed by atoms with Crippen molar-refractivity contribution in [1.82, 2.24) is 15.0 Å². The van der Waals surface area contributed by atoms with Crippen molar-refractivity contribution in [2.24, 2.45) is 0 Å². The molecule has 10 heteroatoms. The number of anilines is 2. The first-order valence-corrected chi connectivity index (χ1v) is 10.0. The summed E-state index contributed by atoms with van der Waals surface area (Å²) in [5.41, 5.74) is 9.20. The van der Waals surface area contributed by atoms with E-state index in [-0.39, 0.29) is 18.4 Å². The lowest BCUT2D eigenvalue weighted by Crippen LogP contribution is -2.19.